The number of benzene rings is 1. The van der Waals surface area contributed by atoms with E-state index in [1.165, 1.54) is 44.5 Å². The number of hydrogen-bond donors (Lipinski definition) is 4. The van der Waals surface area contributed by atoms with Gasteiger partial charge in [0.05, 0.1) is 0 Å². The zero-order valence-corrected chi connectivity index (χ0v) is 35.9. The highest BCUT2D eigenvalue weighted by Gasteiger charge is 2.14. The molecule has 0 aliphatic carbocycles. The van der Waals surface area contributed by atoms with E-state index in [1.54, 1.807) is 0 Å². The molecular weight excluding hydrogens is 733 g/mol. The van der Waals surface area contributed by atoms with E-state index in [4.69, 9.17) is 4.99 Å². The van der Waals surface area contributed by atoms with Crippen molar-refractivity contribution in [1.29, 1.82) is 0 Å². The molecule has 8 nitrogen and oxygen atoms in total. The minimum Gasteiger partial charge on any atom is -0.396 e. The first-order valence-corrected chi connectivity index (χ1v) is 22.4. The van der Waals surface area contributed by atoms with Gasteiger partial charge in [-0.2, -0.15) is 0 Å². The van der Waals surface area contributed by atoms with E-state index in [0.29, 0.717) is 0 Å². The van der Waals surface area contributed by atoms with Gasteiger partial charge in [0, 0.05) is 93.3 Å². The molecule has 4 aromatic rings. The van der Waals surface area contributed by atoms with Gasteiger partial charge in [-0.3, -0.25) is 4.99 Å². The zero-order valence-electron chi connectivity index (χ0n) is 35.9. The lowest BCUT2D eigenvalue weighted by Gasteiger charge is -2.17. The first-order valence-electron chi connectivity index (χ1n) is 22.4. The minimum absolute atomic E-state index is 0.209. The molecule has 8 heteroatoms. The molecule has 0 fully saturated rings. The Kier molecular flexibility index (Phi) is 23.3. The number of nitrogens with zero attached hydrogens (tertiary/aromatic N) is 4. The van der Waals surface area contributed by atoms with Crippen LogP contribution in [0.3, 0.4) is 0 Å². The number of aliphatic hydroxyl groups excluding tert-OH is 4. The molecule has 3 aromatic heterocycles. The number of hydrogen-bond acceptors (Lipinski definition) is 5. The van der Waals surface area contributed by atoms with Crippen molar-refractivity contribution < 1.29 is 34.1 Å². The summed E-state index contributed by atoms with van der Waals surface area (Å²) in [6, 6.07) is 17.9. The quantitative estimate of drug-likeness (QED) is 0.0209. The average Bonchev–Trinajstić information content (AvgIpc) is 3.26. The second-order valence-corrected chi connectivity index (χ2v) is 15.7. The molecule has 3 heterocycles. The summed E-state index contributed by atoms with van der Waals surface area (Å²) in [6.45, 7) is 6.52. The number of pyridine rings is 3. The molecule has 1 aromatic carbocycles. The molecule has 0 aliphatic rings. The fourth-order valence-corrected chi connectivity index (χ4v) is 7.79. The van der Waals surface area contributed by atoms with Gasteiger partial charge in [0.2, 0.25) is 0 Å². The normalized spacial score (nSPS) is 12.1. The number of aliphatic imine (C=N–C) groups is 1. The van der Waals surface area contributed by atoms with Gasteiger partial charge in [-0.05, 0) is 137 Å². The second-order valence-electron chi connectivity index (χ2n) is 15.7. The van der Waals surface area contributed by atoms with Crippen molar-refractivity contribution in [1.82, 2.24) is 0 Å². The Labute approximate surface area is 355 Å². The van der Waals surface area contributed by atoms with Crippen LogP contribution < -0.4 is 13.7 Å². The van der Waals surface area contributed by atoms with E-state index in [2.05, 4.69) is 112 Å². The predicted molar refractivity (Wildman–Crippen MR) is 238 cm³/mol. The number of aryl methyl sites for hydroxylation is 10. The first-order chi connectivity index (χ1) is 29.0. The van der Waals surface area contributed by atoms with Crippen LogP contribution in [0.2, 0.25) is 0 Å². The average molecular weight is 806 g/mol. The monoisotopic (exact) mass is 806 g/mol. The third-order valence-corrected chi connectivity index (χ3v) is 11.0. The van der Waals surface area contributed by atoms with Crippen molar-refractivity contribution in [2.75, 3.05) is 33.0 Å². The molecule has 0 saturated carbocycles. The largest absolute Gasteiger partial charge is 0.396 e. The molecule has 0 radical (unpaired) electrons. The van der Waals surface area contributed by atoms with E-state index < -0.39 is 0 Å². The summed E-state index contributed by atoms with van der Waals surface area (Å²) in [5.74, 6) is 0. The van der Waals surface area contributed by atoms with Crippen LogP contribution in [-0.2, 0) is 64.6 Å². The fraction of sp³-hybridized carbons (Fsp3) is 0.490. The molecule has 4 rings (SSSR count). The molecule has 0 amide bonds. The summed E-state index contributed by atoms with van der Waals surface area (Å²) in [7, 11) is 0. The van der Waals surface area contributed by atoms with Crippen LogP contribution in [0.5, 0.6) is 0 Å². The van der Waals surface area contributed by atoms with Crippen LogP contribution in [0, 0.1) is 0 Å². The van der Waals surface area contributed by atoms with Gasteiger partial charge >= 0.3 is 0 Å². The van der Waals surface area contributed by atoms with Crippen LogP contribution in [0.25, 0.3) is 0 Å². The van der Waals surface area contributed by atoms with Gasteiger partial charge in [0.1, 0.15) is 19.6 Å². The van der Waals surface area contributed by atoms with E-state index in [9.17, 15) is 20.4 Å². The van der Waals surface area contributed by atoms with E-state index in [1.807, 2.05) is 19.2 Å². The maximum absolute atomic E-state index is 9.35. The topological polar surface area (TPSA) is 105 Å². The van der Waals surface area contributed by atoms with Crippen molar-refractivity contribution in [3.63, 3.8) is 0 Å². The summed E-state index contributed by atoms with van der Waals surface area (Å²) in [5, 5.41) is 37.2. The third kappa shape index (κ3) is 18.6. The van der Waals surface area contributed by atoms with Gasteiger partial charge in [0.15, 0.2) is 37.2 Å². The maximum Gasteiger partial charge on any atom is 0.171 e. The highest BCUT2D eigenvalue weighted by atomic mass is 16.3. The number of aromatic nitrogens is 3. The molecule has 0 atom stereocenters. The van der Waals surface area contributed by atoms with Crippen LogP contribution in [-0.4, -0.2) is 59.6 Å². The molecule has 0 bridgehead atoms. The van der Waals surface area contributed by atoms with Crippen LogP contribution in [0.1, 0.15) is 104 Å². The summed E-state index contributed by atoms with van der Waals surface area (Å²) >= 11 is 0. The summed E-state index contributed by atoms with van der Waals surface area (Å²) < 4.78 is 6.91. The Morgan fingerprint density at radius 3 is 1.32 bits per heavy atom. The molecule has 0 saturated heterocycles. The van der Waals surface area contributed by atoms with Crippen molar-refractivity contribution in [2.24, 2.45) is 4.99 Å². The first kappa shape index (κ1) is 47.3. The Morgan fingerprint density at radius 1 is 0.525 bits per heavy atom. The van der Waals surface area contributed by atoms with Gasteiger partial charge in [-0.1, -0.05) is 29.9 Å². The second kappa shape index (κ2) is 29.0. The number of rotatable bonds is 30. The SMILES string of the molecule is C/C=C(\C=C/C=NCCCc1cc(CCC[n+]2cccc(CCCO)c2)c(CCC[n+]2cccc(CCCO)c2)cc1CCC[n+]1cccc(CCCO)c1)CCCO. The van der Waals surface area contributed by atoms with E-state index >= 15 is 0 Å². The Morgan fingerprint density at radius 2 is 0.932 bits per heavy atom. The fourth-order valence-electron chi connectivity index (χ4n) is 7.79. The lowest BCUT2D eigenvalue weighted by Crippen LogP contribution is -2.34. The third-order valence-electron chi connectivity index (χ3n) is 11.0. The summed E-state index contributed by atoms with van der Waals surface area (Å²) in [4.78, 5) is 4.74. The van der Waals surface area contributed by atoms with Gasteiger partial charge in [-0.25, -0.2) is 13.7 Å². The van der Waals surface area contributed by atoms with Crippen LogP contribution >= 0.6 is 0 Å². The van der Waals surface area contributed by atoms with Crippen molar-refractivity contribution in [3.8, 4) is 0 Å². The van der Waals surface area contributed by atoms with Crippen molar-refractivity contribution in [2.45, 2.75) is 129 Å². The van der Waals surface area contributed by atoms with Crippen molar-refractivity contribution >= 4 is 6.21 Å². The highest BCUT2D eigenvalue weighted by molar-refractivity contribution is 5.71. The Balaban J connectivity index is 1.54. The molecular formula is C51H73N4O4+3. The highest BCUT2D eigenvalue weighted by Crippen LogP contribution is 2.24. The molecule has 0 aliphatic heterocycles. The lowest BCUT2D eigenvalue weighted by atomic mass is 9.89. The van der Waals surface area contributed by atoms with Gasteiger partial charge < -0.3 is 20.4 Å². The summed E-state index contributed by atoms with van der Waals surface area (Å²) in [5.41, 5.74) is 10.8. The van der Waals surface area contributed by atoms with Gasteiger partial charge in [0.25, 0.3) is 0 Å². The Hall–Kier alpha value is -4.34. The van der Waals surface area contributed by atoms with E-state index in [-0.39, 0.29) is 26.4 Å². The van der Waals surface area contributed by atoms with E-state index in [0.717, 1.165) is 129 Å². The van der Waals surface area contributed by atoms with Crippen molar-refractivity contribution in [3.05, 3.63) is 148 Å². The number of allylic oxidation sites excluding steroid dienone is 4. The smallest absolute Gasteiger partial charge is 0.171 e. The molecule has 59 heavy (non-hydrogen) atoms. The van der Waals surface area contributed by atoms with Crippen LogP contribution in [0.4, 0.5) is 0 Å². The molecule has 4 N–H and O–H groups in total. The standard InChI is InChI=1S/C51H73N4O4/c1-2-44(19-11-35-56)15-3-27-52-28-4-23-48-39-50(25-9-33-54-30-6-17-46(42-54)21-13-37-58)51(26-10-34-55-31-7-18-47(43-55)22-14-38-59)40-49(48)24-8-32-53-29-5-16-45(41-53)20-12-36-57/h2-3,5-7,15-18,27,29-31,39-43,56-59H,4,8-14,19-26,28,32-38H2,1H3/q+3/b15-3-,44-2+,52-27?. The van der Waals surface area contributed by atoms with Gasteiger partial charge in [-0.15, -0.1) is 0 Å². The van der Waals surface area contributed by atoms with Crippen LogP contribution in [0.15, 0.2) is 115 Å². The molecule has 0 spiro atoms. The maximum atomic E-state index is 9.35. The Bertz CT molecular complexity index is 1870. The predicted octanol–water partition coefficient (Wildman–Crippen LogP) is 6.50. The molecule has 0 unspecified atom stereocenters. The number of aliphatic hydroxyl groups is 4. The summed E-state index contributed by atoms with van der Waals surface area (Å²) in [6.07, 6.45) is 36.2. The minimum atomic E-state index is 0.209. The zero-order chi connectivity index (χ0) is 41.8. The molecule has 318 valence electrons. The lowest BCUT2D eigenvalue weighted by molar-refractivity contribution is -0.697.